The number of alkyl halides is 12. The van der Waals surface area contributed by atoms with Gasteiger partial charge < -0.3 is 0 Å². The van der Waals surface area contributed by atoms with E-state index in [0.717, 1.165) is 38.1 Å². The lowest BCUT2D eigenvalue weighted by Gasteiger charge is -2.32. The third kappa shape index (κ3) is 5.79. The number of thioether (sulfide) groups is 1. The summed E-state index contributed by atoms with van der Waals surface area (Å²) in [5.41, 5.74) is -10.4. The normalized spacial score (nSPS) is 23.8. The van der Waals surface area contributed by atoms with Crippen LogP contribution in [0, 0.1) is 13.8 Å². The Balaban J connectivity index is 1.87. The average molecular weight is 647 g/mol. The first-order valence-corrected chi connectivity index (χ1v) is 12.9. The van der Waals surface area contributed by atoms with Gasteiger partial charge in [-0.1, -0.05) is 36.4 Å². The monoisotopic (exact) mass is 646 g/mol. The Hall–Kier alpha value is -3.37. The van der Waals surface area contributed by atoms with Crippen molar-refractivity contribution in [3.05, 3.63) is 94.3 Å². The van der Waals surface area contributed by atoms with Gasteiger partial charge in [-0.3, -0.25) is 0 Å². The van der Waals surface area contributed by atoms with Crippen molar-refractivity contribution < 1.29 is 52.7 Å². The fraction of sp³-hybridized carbons (Fsp3) is 0.385. The molecule has 17 heteroatoms. The molecule has 2 aromatic rings. The summed E-state index contributed by atoms with van der Waals surface area (Å²) >= 11 is -0.703. The van der Waals surface area contributed by atoms with Gasteiger partial charge >= 0.3 is 24.7 Å². The molecule has 0 bridgehead atoms. The molecule has 0 spiro atoms. The number of azo groups is 2. The quantitative estimate of drug-likeness (QED) is 0.288. The minimum Gasteiger partial charge on any atom is -0.169 e. The minimum atomic E-state index is -5.45. The van der Waals surface area contributed by atoms with Crippen molar-refractivity contribution in [1.82, 2.24) is 0 Å². The second kappa shape index (κ2) is 10.7. The van der Waals surface area contributed by atoms with Crippen molar-refractivity contribution >= 4 is 11.8 Å². The Morgan fingerprint density at radius 1 is 0.581 bits per heavy atom. The summed E-state index contributed by atoms with van der Waals surface area (Å²) in [4.78, 5) is 0. The summed E-state index contributed by atoms with van der Waals surface area (Å²) in [7, 11) is 0. The van der Waals surface area contributed by atoms with Gasteiger partial charge in [0.15, 0.2) is 0 Å². The molecule has 4 atom stereocenters. The molecule has 2 aliphatic heterocycles. The Morgan fingerprint density at radius 2 is 0.930 bits per heavy atom. The van der Waals surface area contributed by atoms with Crippen LogP contribution in [-0.4, -0.2) is 24.7 Å². The van der Waals surface area contributed by atoms with E-state index in [0.29, 0.717) is 36.7 Å². The molecule has 0 N–H and O–H groups in total. The molecule has 4 rings (SSSR count). The summed E-state index contributed by atoms with van der Waals surface area (Å²) in [5.74, 6) is 0. The smallest absolute Gasteiger partial charge is 0.169 e. The molecule has 2 heterocycles. The van der Waals surface area contributed by atoms with Gasteiger partial charge in [0.05, 0.1) is 0 Å². The predicted octanol–water partition coefficient (Wildman–Crippen LogP) is 10.4. The van der Waals surface area contributed by atoms with Crippen molar-refractivity contribution in [2.45, 2.75) is 60.1 Å². The number of benzene rings is 2. The van der Waals surface area contributed by atoms with E-state index in [1.165, 1.54) is 0 Å². The van der Waals surface area contributed by atoms with Crippen molar-refractivity contribution in [1.29, 1.82) is 0 Å². The number of aryl methyl sites for hydroxylation is 2. The molecular weight excluding hydrogens is 628 g/mol. The maximum Gasteiger partial charge on any atom is 0.423 e. The molecule has 2 aromatic carbocycles. The van der Waals surface area contributed by atoms with Gasteiger partial charge in [-0.05, 0) is 59.4 Å². The van der Waals surface area contributed by atoms with E-state index in [2.05, 4.69) is 20.5 Å². The maximum atomic E-state index is 14.5. The van der Waals surface area contributed by atoms with Gasteiger partial charge in [-0.25, -0.2) is 0 Å². The molecule has 0 fully saturated rings. The zero-order chi connectivity index (χ0) is 32.2. The Kier molecular flexibility index (Phi) is 8.07. The van der Waals surface area contributed by atoms with Crippen LogP contribution in [0.15, 0.2) is 81.4 Å². The fourth-order valence-corrected chi connectivity index (χ4v) is 6.03. The third-order valence-corrected chi connectivity index (χ3v) is 8.52. The molecule has 0 amide bonds. The number of hydrogen-bond donors (Lipinski definition) is 0. The Labute approximate surface area is 239 Å². The predicted molar refractivity (Wildman–Crippen MR) is 131 cm³/mol. The SMILES string of the molecule is Cc1ccc(C2(C(F)(F)F)C=CN=N2)cc1C(SC(c1cc(C2(C(F)(F)F)C=CN=N2)ccc1C)C(F)(F)F)C(F)(F)F. The van der Waals surface area contributed by atoms with Gasteiger partial charge in [0.2, 0.25) is 11.1 Å². The zero-order valence-corrected chi connectivity index (χ0v) is 22.5. The van der Waals surface area contributed by atoms with Crippen LogP contribution in [0.3, 0.4) is 0 Å². The highest BCUT2D eigenvalue weighted by atomic mass is 32.2. The van der Waals surface area contributed by atoms with Crippen LogP contribution in [0.5, 0.6) is 0 Å². The molecule has 0 radical (unpaired) electrons. The highest BCUT2D eigenvalue weighted by molar-refractivity contribution is 7.99. The minimum absolute atomic E-state index is 0.284. The first-order valence-electron chi connectivity index (χ1n) is 12.0. The molecule has 232 valence electrons. The molecule has 0 aromatic heterocycles. The molecule has 0 saturated heterocycles. The summed E-state index contributed by atoms with van der Waals surface area (Å²) in [6.45, 7) is 2.15. The highest BCUT2D eigenvalue weighted by Crippen LogP contribution is 2.57. The van der Waals surface area contributed by atoms with Crippen molar-refractivity contribution in [2.24, 2.45) is 20.5 Å². The van der Waals surface area contributed by atoms with Crippen LogP contribution in [-0.2, 0) is 11.1 Å². The number of hydrogen-bond acceptors (Lipinski definition) is 5. The van der Waals surface area contributed by atoms with E-state index in [1.807, 2.05) is 0 Å². The second-order valence-electron chi connectivity index (χ2n) is 9.71. The maximum absolute atomic E-state index is 14.5. The third-order valence-electron chi connectivity index (χ3n) is 6.93. The first-order chi connectivity index (χ1) is 19.6. The van der Waals surface area contributed by atoms with Crippen LogP contribution in [0.2, 0.25) is 0 Å². The molecule has 0 aliphatic carbocycles. The Morgan fingerprint density at radius 3 is 1.19 bits per heavy atom. The molecular formula is C26H18F12N4S. The van der Waals surface area contributed by atoms with Crippen molar-refractivity contribution in [2.75, 3.05) is 0 Å². The number of halogens is 12. The molecule has 4 unspecified atom stereocenters. The van der Waals surface area contributed by atoms with E-state index in [-0.39, 0.29) is 11.1 Å². The van der Waals surface area contributed by atoms with Crippen LogP contribution in [0.4, 0.5) is 52.7 Å². The lowest BCUT2D eigenvalue weighted by atomic mass is 9.87. The van der Waals surface area contributed by atoms with E-state index in [1.54, 1.807) is 0 Å². The second-order valence-corrected chi connectivity index (χ2v) is 10.9. The van der Waals surface area contributed by atoms with Crippen molar-refractivity contribution in [3.8, 4) is 0 Å². The zero-order valence-electron chi connectivity index (χ0n) is 21.7. The van der Waals surface area contributed by atoms with Crippen LogP contribution < -0.4 is 0 Å². The van der Waals surface area contributed by atoms with E-state index in [9.17, 15) is 52.7 Å². The topological polar surface area (TPSA) is 49.4 Å². The van der Waals surface area contributed by atoms with Gasteiger partial charge in [-0.2, -0.15) is 73.1 Å². The fourth-order valence-electron chi connectivity index (χ4n) is 4.65. The molecule has 0 saturated carbocycles. The highest BCUT2D eigenvalue weighted by Gasteiger charge is 2.59. The number of rotatable bonds is 6. The van der Waals surface area contributed by atoms with Crippen LogP contribution >= 0.6 is 11.8 Å². The van der Waals surface area contributed by atoms with E-state index >= 15 is 0 Å². The molecule has 4 nitrogen and oxygen atoms in total. The van der Waals surface area contributed by atoms with Gasteiger partial charge in [0.25, 0.3) is 0 Å². The average Bonchev–Trinajstić information content (AvgIpc) is 3.56. The van der Waals surface area contributed by atoms with Crippen molar-refractivity contribution in [3.63, 3.8) is 0 Å². The molecule has 43 heavy (non-hydrogen) atoms. The summed E-state index contributed by atoms with van der Waals surface area (Å²) in [6, 6.07) is 4.40. The van der Waals surface area contributed by atoms with Gasteiger partial charge in [-0.15, -0.1) is 11.8 Å². The van der Waals surface area contributed by atoms with Crippen LogP contribution in [0.1, 0.15) is 43.9 Å². The largest absolute Gasteiger partial charge is 0.423 e. The van der Waals surface area contributed by atoms with Crippen LogP contribution in [0.25, 0.3) is 0 Å². The van der Waals surface area contributed by atoms with Gasteiger partial charge in [0.1, 0.15) is 10.5 Å². The lowest BCUT2D eigenvalue weighted by Crippen LogP contribution is -2.38. The summed E-state index contributed by atoms with van der Waals surface area (Å²) in [5, 5.41) is 6.50. The van der Waals surface area contributed by atoms with E-state index < -0.39 is 80.3 Å². The lowest BCUT2D eigenvalue weighted by molar-refractivity contribution is -0.174. The van der Waals surface area contributed by atoms with Gasteiger partial charge in [0, 0.05) is 12.4 Å². The molecule has 2 aliphatic rings. The summed E-state index contributed by atoms with van der Waals surface area (Å²) in [6.07, 6.45) is -18.9. The summed E-state index contributed by atoms with van der Waals surface area (Å²) < 4.78 is 171. The first kappa shape index (κ1) is 32.5. The number of nitrogens with zero attached hydrogens (tertiary/aromatic N) is 4. The Bertz CT molecular complexity index is 1360. The van der Waals surface area contributed by atoms with E-state index in [4.69, 9.17) is 0 Å². The standard InChI is InChI=1S/C26H18F12N4S/c1-13-3-5-15(21(25(33,34)35)7-9-39-41-21)11-17(13)19(23(27,28)29)43-20(24(30,31)32)18-12-16(6-4-14(18)2)22(26(36,37)38)8-10-40-42-22/h3-12,19-20H,1-2H3.